The van der Waals surface area contributed by atoms with E-state index in [-0.39, 0.29) is 5.91 Å². The van der Waals surface area contributed by atoms with Crippen LogP contribution in [0.2, 0.25) is 0 Å². The van der Waals surface area contributed by atoms with Gasteiger partial charge in [-0.05, 0) is 43.2 Å². The zero-order valence-corrected chi connectivity index (χ0v) is 14.0. The van der Waals surface area contributed by atoms with Gasteiger partial charge < -0.3 is 4.42 Å². The predicted octanol–water partition coefficient (Wildman–Crippen LogP) is 4.56. The van der Waals surface area contributed by atoms with Crippen molar-refractivity contribution in [2.45, 2.75) is 20.3 Å². The molecule has 0 atom stereocenters. The Balaban J connectivity index is 1.89. The zero-order chi connectivity index (χ0) is 15.7. The Morgan fingerprint density at radius 3 is 2.55 bits per heavy atom. The highest BCUT2D eigenvalue weighted by Crippen LogP contribution is 2.36. The Labute approximate surface area is 139 Å². The van der Waals surface area contributed by atoms with Gasteiger partial charge in [-0.1, -0.05) is 43.0 Å². The summed E-state index contributed by atoms with van der Waals surface area (Å²) >= 11 is 6.66. The van der Waals surface area contributed by atoms with E-state index in [2.05, 4.69) is 6.92 Å². The van der Waals surface area contributed by atoms with Gasteiger partial charge in [-0.15, -0.1) is 0 Å². The summed E-state index contributed by atoms with van der Waals surface area (Å²) < 4.78 is 6.04. The molecule has 2 heterocycles. The topological polar surface area (TPSA) is 33.5 Å². The first-order valence-corrected chi connectivity index (χ1v) is 8.24. The number of amides is 1. The van der Waals surface area contributed by atoms with Gasteiger partial charge in [0.25, 0.3) is 5.91 Å². The Morgan fingerprint density at radius 2 is 1.95 bits per heavy atom. The summed E-state index contributed by atoms with van der Waals surface area (Å²) in [5.74, 6) is 1.38. The Hall–Kier alpha value is -1.85. The average Bonchev–Trinajstić information content (AvgIpc) is 3.03. The van der Waals surface area contributed by atoms with Crippen molar-refractivity contribution in [1.82, 2.24) is 0 Å². The molecular formula is C17H15NO2S2. The molecule has 1 aliphatic heterocycles. The highest BCUT2D eigenvalue weighted by molar-refractivity contribution is 8.27. The summed E-state index contributed by atoms with van der Waals surface area (Å²) in [7, 11) is 0. The average molecular weight is 329 g/mol. The molecule has 22 heavy (non-hydrogen) atoms. The molecular weight excluding hydrogens is 314 g/mol. The van der Waals surface area contributed by atoms with Crippen LogP contribution >= 0.6 is 24.0 Å². The van der Waals surface area contributed by atoms with E-state index in [1.807, 2.05) is 43.3 Å². The second-order valence-electron chi connectivity index (χ2n) is 4.99. The largest absolute Gasteiger partial charge is 0.462 e. The van der Waals surface area contributed by atoms with Crippen LogP contribution in [0.3, 0.4) is 0 Å². The van der Waals surface area contributed by atoms with E-state index < -0.39 is 0 Å². The van der Waals surface area contributed by atoms with Crippen LogP contribution in [0.1, 0.15) is 24.0 Å². The summed E-state index contributed by atoms with van der Waals surface area (Å²) in [6.07, 6.45) is 2.71. The lowest BCUT2D eigenvalue weighted by Gasteiger charge is -2.14. The maximum Gasteiger partial charge on any atom is 0.270 e. The van der Waals surface area contributed by atoms with Crippen LogP contribution in [0, 0.1) is 6.92 Å². The molecule has 0 bridgehead atoms. The van der Waals surface area contributed by atoms with Crippen molar-refractivity contribution < 1.29 is 9.21 Å². The lowest BCUT2D eigenvalue weighted by Crippen LogP contribution is -2.27. The lowest BCUT2D eigenvalue weighted by atomic mass is 10.1. The van der Waals surface area contributed by atoms with E-state index in [9.17, 15) is 4.79 Å². The van der Waals surface area contributed by atoms with Crippen LogP contribution in [-0.2, 0) is 11.2 Å². The number of thioether (sulfide) groups is 1. The number of carbonyl (C=O) groups excluding carboxylic acids is 1. The van der Waals surface area contributed by atoms with Gasteiger partial charge >= 0.3 is 0 Å². The normalized spacial score (nSPS) is 16.8. The van der Waals surface area contributed by atoms with Crippen molar-refractivity contribution in [3.05, 3.63) is 58.4 Å². The van der Waals surface area contributed by atoms with Crippen molar-refractivity contribution >= 4 is 46.0 Å². The number of hydrogen-bond acceptors (Lipinski definition) is 4. The summed E-state index contributed by atoms with van der Waals surface area (Å²) in [5.41, 5.74) is 2.04. The van der Waals surface area contributed by atoms with Gasteiger partial charge in [0, 0.05) is 6.08 Å². The molecule has 112 valence electrons. The molecule has 0 spiro atoms. The molecule has 0 radical (unpaired) electrons. The third kappa shape index (κ3) is 2.87. The fraction of sp³-hybridized carbons (Fsp3) is 0.176. The Morgan fingerprint density at radius 1 is 1.23 bits per heavy atom. The number of carbonyl (C=O) groups is 1. The fourth-order valence-electron chi connectivity index (χ4n) is 2.23. The van der Waals surface area contributed by atoms with Crippen LogP contribution in [0.15, 0.2) is 45.7 Å². The van der Waals surface area contributed by atoms with E-state index >= 15 is 0 Å². The molecule has 1 amide bonds. The maximum atomic E-state index is 12.6. The highest BCUT2D eigenvalue weighted by Gasteiger charge is 2.33. The van der Waals surface area contributed by atoms with Crippen LogP contribution < -0.4 is 4.90 Å². The van der Waals surface area contributed by atoms with Crippen molar-refractivity contribution in [3.8, 4) is 0 Å². The predicted molar refractivity (Wildman–Crippen MR) is 94.9 cm³/mol. The van der Waals surface area contributed by atoms with Gasteiger partial charge in [-0.2, -0.15) is 0 Å². The van der Waals surface area contributed by atoms with Gasteiger partial charge in [0.2, 0.25) is 0 Å². The maximum absolute atomic E-state index is 12.6. The number of benzene rings is 1. The monoisotopic (exact) mass is 329 g/mol. The van der Waals surface area contributed by atoms with Gasteiger partial charge in [0.1, 0.15) is 11.5 Å². The van der Waals surface area contributed by atoms with E-state index in [0.29, 0.717) is 15.0 Å². The number of thiocarbonyl (C=S) groups is 1. The smallest absolute Gasteiger partial charge is 0.270 e. The number of nitrogens with zero attached hydrogens (tertiary/aromatic N) is 1. The molecule has 1 aliphatic rings. The van der Waals surface area contributed by atoms with E-state index in [1.54, 1.807) is 11.0 Å². The molecule has 1 fully saturated rings. The molecule has 3 rings (SSSR count). The molecule has 5 heteroatoms. The number of rotatable bonds is 3. The van der Waals surface area contributed by atoms with Gasteiger partial charge in [0.15, 0.2) is 4.32 Å². The minimum Gasteiger partial charge on any atom is -0.462 e. The number of anilines is 1. The molecule has 0 aliphatic carbocycles. The quantitative estimate of drug-likeness (QED) is 0.611. The summed E-state index contributed by atoms with van der Waals surface area (Å²) in [5, 5.41) is 0. The summed E-state index contributed by atoms with van der Waals surface area (Å²) in [6.45, 7) is 3.97. The van der Waals surface area contributed by atoms with Crippen LogP contribution in [0.4, 0.5) is 5.69 Å². The molecule has 0 N–H and O–H groups in total. The molecule has 3 nitrogen and oxygen atoms in total. The van der Waals surface area contributed by atoms with Crippen molar-refractivity contribution in [1.29, 1.82) is 0 Å². The number of hydrogen-bond donors (Lipinski definition) is 0. The summed E-state index contributed by atoms with van der Waals surface area (Å²) in [4.78, 5) is 14.7. The molecule has 1 aromatic heterocycles. The number of furan rings is 1. The number of aryl methyl sites for hydroxylation is 2. The van der Waals surface area contributed by atoms with Crippen molar-refractivity contribution in [3.63, 3.8) is 0 Å². The Bertz CT molecular complexity index is 759. The minimum absolute atomic E-state index is 0.103. The van der Waals surface area contributed by atoms with E-state index in [4.69, 9.17) is 16.6 Å². The van der Waals surface area contributed by atoms with Crippen LogP contribution in [-0.4, -0.2) is 10.2 Å². The van der Waals surface area contributed by atoms with Crippen molar-refractivity contribution in [2.24, 2.45) is 0 Å². The van der Waals surface area contributed by atoms with E-state index in [1.165, 1.54) is 17.3 Å². The zero-order valence-electron chi connectivity index (χ0n) is 12.3. The van der Waals surface area contributed by atoms with Crippen molar-refractivity contribution in [2.75, 3.05) is 4.90 Å². The fourth-order valence-corrected chi connectivity index (χ4v) is 3.51. The molecule has 1 saturated heterocycles. The highest BCUT2D eigenvalue weighted by atomic mass is 32.2. The lowest BCUT2D eigenvalue weighted by molar-refractivity contribution is -0.113. The second kappa shape index (κ2) is 6.10. The van der Waals surface area contributed by atoms with E-state index in [0.717, 1.165) is 17.9 Å². The van der Waals surface area contributed by atoms with Crippen LogP contribution in [0.25, 0.3) is 6.08 Å². The minimum atomic E-state index is -0.103. The SMILES string of the molecule is CCc1ccc(N2C(=O)/C(=C\c3ccc(C)o3)SC2=S)cc1. The third-order valence-electron chi connectivity index (χ3n) is 3.43. The molecule has 0 saturated carbocycles. The standard InChI is InChI=1S/C17H15NO2S2/c1-3-12-5-7-13(8-6-12)18-16(19)15(22-17(18)21)10-14-9-4-11(2)20-14/h4-10H,3H2,1-2H3/b15-10+. The Kier molecular flexibility index (Phi) is 4.18. The van der Waals surface area contributed by atoms with Gasteiger partial charge in [0.05, 0.1) is 10.6 Å². The second-order valence-corrected chi connectivity index (χ2v) is 6.66. The van der Waals surface area contributed by atoms with Crippen LogP contribution in [0.5, 0.6) is 0 Å². The first kappa shape index (κ1) is 15.1. The molecule has 2 aromatic rings. The molecule has 0 unspecified atom stereocenters. The first-order valence-electron chi connectivity index (χ1n) is 7.02. The van der Waals surface area contributed by atoms with Gasteiger partial charge in [-0.25, -0.2) is 0 Å². The third-order valence-corrected chi connectivity index (χ3v) is 4.73. The molecule has 1 aromatic carbocycles. The van der Waals surface area contributed by atoms with Gasteiger partial charge in [-0.3, -0.25) is 9.69 Å². The first-order chi connectivity index (χ1) is 10.6. The summed E-state index contributed by atoms with van der Waals surface area (Å²) in [6, 6.07) is 11.6.